The summed E-state index contributed by atoms with van der Waals surface area (Å²) in [7, 11) is 0. The normalized spacial score (nSPS) is 31.3. The van der Waals surface area contributed by atoms with Gasteiger partial charge in [-0.15, -0.1) is 0 Å². The average Bonchev–Trinajstić information content (AvgIpc) is 3.13. The molecule has 0 spiro atoms. The Morgan fingerprint density at radius 2 is 2.21 bits per heavy atom. The molecule has 160 valence electrons. The summed E-state index contributed by atoms with van der Waals surface area (Å²) in [5.41, 5.74) is 6.61. The van der Waals surface area contributed by atoms with E-state index in [1.807, 2.05) is 20.8 Å². The van der Waals surface area contributed by atoms with E-state index >= 15 is 0 Å². The lowest BCUT2D eigenvalue weighted by Gasteiger charge is -2.36. The summed E-state index contributed by atoms with van der Waals surface area (Å²) in [4.78, 5) is 12.7. The van der Waals surface area contributed by atoms with Crippen LogP contribution in [0.2, 0.25) is 0 Å². The summed E-state index contributed by atoms with van der Waals surface area (Å²) in [6.45, 7) is 3.04. The van der Waals surface area contributed by atoms with Gasteiger partial charge >= 0.3 is 6.72 Å². The van der Waals surface area contributed by atoms with Crippen LogP contribution < -0.4 is 10.5 Å². The van der Waals surface area contributed by atoms with Gasteiger partial charge in [-0.3, -0.25) is 9.09 Å². The standard InChI is InChI=1S/C15H20Cl2N5O5PS/c1-4-23-12-9-11(20-14(18)21-12)22(6-19-9)13-15(16,17)10-8(25-13)5-24-28(29,27-10)26-7(2)3/h6-8,10,13H,4-5H2,1-3H3,(H2,18,20,21)/t8-,10-,13-,28+/m1/s1. The minimum absolute atomic E-state index is 0.0216. The Kier molecular flexibility index (Phi) is 5.71. The monoisotopic (exact) mass is 483 g/mol. The van der Waals surface area contributed by atoms with Crippen LogP contribution >= 0.6 is 29.9 Å². The van der Waals surface area contributed by atoms with E-state index in [2.05, 4.69) is 15.0 Å². The largest absolute Gasteiger partial charge is 0.476 e. The second kappa shape index (κ2) is 7.72. The predicted octanol–water partition coefficient (Wildman–Crippen LogP) is 2.94. The van der Waals surface area contributed by atoms with Gasteiger partial charge in [0.25, 0.3) is 0 Å². The van der Waals surface area contributed by atoms with E-state index < -0.39 is 29.5 Å². The van der Waals surface area contributed by atoms with Crippen LogP contribution in [0.1, 0.15) is 27.0 Å². The van der Waals surface area contributed by atoms with E-state index in [9.17, 15) is 0 Å². The number of hydrogen-bond donors (Lipinski definition) is 1. The molecular weight excluding hydrogens is 464 g/mol. The molecule has 10 nitrogen and oxygen atoms in total. The minimum atomic E-state index is -3.00. The fourth-order valence-corrected chi connectivity index (χ4v) is 6.58. The Labute approximate surface area is 182 Å². The highest BCUT2D eigenvalue weighted by atomic mass is 35.5. The first-order valence-corrected chi connectivity index (χ1v) is 12.2. The van der Waals surface area contributed by atoms with Gasteiger partial charge in [-0.1, -0.05) is 23.2 Å². The zero-order valence-corrected chi connectivity index (χ0v) is 19.0. The number of nitrogens with zero attached hydrogens (tertiary/aromatic N) is 4. The van der Waals surface area contributed by atoms with Crippen molar-refractivity contribution in [1.29, 1.82) is 0 Å². The molecule has 2 aromatic heterocycles. The molecule has 2 N–H and O–H groups in total. The Morgan fingerprint density at radius 1 is 1.45 bits per heavy atom. The van der Waals surface area contributed by atoms with Crippen LogP contribution in [0, 0.1) is 0 Å². The van der Waals surface area contributed by atoms with Crippen LogP contribution in [-0.2, 0) is 30.1 Å². The van der Waals surface area contributed by atoms with Crippen molar-refractivity contribution in [2.24, 2.45) is 0 Å². The molecule has 4 atom stereocenters. The molecule has 0 saturated carbocycles. The van der Waals surface area contributed by atoms with Crippen LogP contribution in [0.25, 0.3) is 11.2 Å². The van der Waals surface area contributed by atoms with E-state index in [1.54, 1.807) is 4.57 Å². The average molecular weight is 484 g/mol. The molecule has 0 unspecified atom stereocenters. The number of rotatable bonds is 5. The number of alkyl halides is 2. The van der Waals surface area contributed by atoms with Crippen LogP contribution in [0.4, 0.5) is 5.95 Å². The fourth-order valence-electron chi connectivity index (χ4n) is 3.20. The third-order valence-electron chi connectivity index (χ3n) is 4.27. The van der Waals surface area contributed by atoms with Crippen molar-refractivity contribution in [3.8, 4) is 5.88 Å². The second-order valence-electron chi connectivity index (χ2n) is 6.77. The summed E-state index contributed by atoms with van der Waals surface area (Å²) in [6.07, 6.45) is -0.893. The van der Waals surface area contributed by atoms with Gasteiger partial charge in [0, 0.05) is 0 Å². The number of imidazole rings is 1. The van der Waals surface area contributed by atoms with Crippen molar-refractivity contribution in [3.05, 3.63) is 6.33 Å². The van der Waals surface area contributed by atoms with Gasteiger partial charge in [0.1, 0.15) is 12.2 Å². The highest BCUT2D eigenvalue weighted by Crippen LogP contribution is 2.62. The zero-order valence-electron chi connectivity index (χ0n) is 15.8. The first-order valence-electron chi connectivity index (χ1n) is 8.92. The first kappa shape index (κ1) is 21.5. The maximum absolute atomic E-state index is 6.72. The van der Waals surface area contributed by atoms with E-state index in [4.69, 9.17) is 63.8 Å². The number of nitrogen functional groups attached to an aromatic ring is 1. The molecule has 0 aromatic carbocycles. The van der Waals surface area contributed by atoms with E-state index in [0.29, 0.717) is 17.8 Å². The minimum Gasteiger partial charge on any atom is -0.476 e. The maximum Gasteiger partial charge on any atom is 0.327 e. The Bertz CT molecular complexity index is 976. The highest BCUT2D eigenvalue weighted by Gasteiger charge is 2.61. The van der Waals surface area contributed by atoms with Gasteiger partial charge in [-0.2, -0.15) is 9.97 Å². The van der Waals surface area contributed by atoms with Gasteiger partial charge in [-0.25, -0.2) is 4.98 Å². The molecule has 2 fully saturated rings. The van der Waals surface area contributed by atoms with Gasteiger partial charge in [0.05, 0.1) is 25.6 Å². The molecule has 2 aliphatic heterocycles. The lowest BCUT2D eigenvalue weighted by molar-refractivity contribution is -0.0632. The van der Waals surface area contributed by atoms with Gasteiger partial charge < -0.3 is 24.3 Å². The number of anilines is 1. The third-order valence-corrected chi connectivity index (χ3v) is 7.54. The van der Waals surface area contributed by atoms with Crippen molar-refractivity contribution in [3.63, 3.8) is 0 Å². The molecule has 2 aromatic rings. The molecule has 14 heteroatoms. The first-order chi connectivity index (χ1) is 13.6. The van der Waals surface area contributed by atoms with Crippen LogP contribution in [0.3, 0.4) is 0 Å². The van der Waals surface area contributed by atoms with Crippen molar-refractivity contribution < 1.29 is 23.0 Å². The van der Waals surface area contributed by atoms with Gasteiger partial charge in [0.15, 0.2) is 21.7 Å². The van der Waals surface area contributed by atoms with Crippen molar-refractivity contribution in [1.82, 2.24) is 19.5 Å². The summed E-state index contributed by atoms with van der Waals surface area (Å²) < 4.78 is 28.9. The van der Waals surface area contributed by atoms with Crippen molar-refractivity contribution in [2.75, 3.05) is 18.9 Å². The predicted molar refractivity (Wildman–Crippen MR) is 111 cm³/mol. The quantitative estimate of drug-likeness (QED) is 0.502. The fraction of sp³-hybridized carbons (Fsp3) is 0.667. The molecular formula is C15H20Cl2N5O5PS. The topological polar surface area (TPSA) is 116 Å². The number of fused-ring (bicyclic) bond motifs is 2. The van der Waals surface area contributed by atoms with Gasteiger partial charge in [-0.05, 0) is 32.6 Å². The number of halogens is 2. The molecule has 0 bridgehead atoms. The second-order valence-corrected chi connectivity index (χ2v) is 11.1. The van der Waals surface area contributed by atoms with Crippen LogP contribution in [0.15, 0.2) is 6.33 Å². The lowest BCUT2D eigenvalue weighted by Crippen LogP contribution is -2.42. The molecule has 29 heavy (non-hydrogen) atoms. The smallest absolute Gasteiger partial charge is 0.327 e. The summed E-state index contributed by atoms with van der Waals surface area (Å²) in [5, 5.41) is 0. The summed E-state index contributed by atoms with van der Waals surface area (Å²) in [6, 6.07) is 0. The van der Waals surface area contributed by atoms with Crippen molar-refractivity contribution >= 4 is 58.8 Å². The molecule has 4 rings (SSSR count). The van der Waals surface area contributed by atoms with E-state index in [0.717, 1.165) is 0 Å². The molecule has 2 saturated heterocycles. The van der Waals surface area contributed by atoms with Gasteiger partial charge in [0.2, 0.25) is 11.8 Å². The molecule has 2 aliphatic rings. The summed E-state index contributed by atoms with van der Waals surface area (Å²) in [5.74, 6) is 0.285. The third kappa shape index (κ3) is 3.83. The number of aromatic nitrogens is 4. The molecule has 4 heterocycles. The van der Waals surface area contributed by atoms with Crippen LogP contribution in [0.5, 0.6) is 5.88 Å². The number of nitrogens with two attached hydrogens (primary N) is 1. The van der Waals surface area contributed by atoms with E-state index in [-0.39, 0.29) is 24.5 Å². The van der Waals surface area contributed by atoms with Crippen molar-refractivity contribution in [2.45, 2.75) is 49.6 Å². The molecule has 0 aliphatic carbocycles. The molecule has 0 amide bonds. The Hall–Kier alpha value is -0.780. The summed E-state index contributed by atoms with van der Waals surface area (Å²) >= 11 is 18.9. The number of ether oxygens (including phenoxy) is 2. The highest BCUT2D eigenvalue weighted by molar-refractivity contribution is 8.07. The lowest BCUT2D eigenvalue weighted by atomic mass is 10.2. The zero-order chi connectivity index (χ0) is 21.0. The van der Waals surface area contributed by atoms with E-state index in [1.165, 1.54) is 6.33 Å². The maximum atomic E-state index is 6.72. The Balaban J connectivity index is 1.70. The SMILES string of the molecule is CCOc1nc(N)nc2c1ncn2[C@@H]1O[C@@H]2CO[P@](=S)(OC(C)C)O[C@H]2C1(Cl)Cl. The number of hydrogen-bond acceptors (Lipinski definition) is 10. The Morgan fingerprint density at radius 3 is 2.90 bits per heavy atom. The van der Waals surface area contributed by atoms with Crippen LogP contribution in [-0.4, -0.2) is 55.4 Å². The molecule has 0 radical (unpaired) electrons.